The number of benzene rings is 3. The smallest absolute Gasteiger partial charge is 0.394 e. The van der Waals surface area contributed by atoms with Gasteiger partial charge in [0.1, 0.15) is 5.75 Å². The average molecular weight is 655 g/mol. The number of hydrazone groups is 1. The zero-order chi connectivity index (χ0) is 33.7. The maximum Gasteiger partial charge on any atom is 0.394 e. The third-order valence-corrected chi connectivity index (χ3v) is 7.06. The number of carboxylic acid groups (broad SMARTS) is 1. The normalized spacial score (nSPS) is 13.4. The number of aliphatic carboxylic acids is 1. The number of carboxylic acids is 1. The van der Waals surface area contributed by atoms with Crippen LogP contribution in [0, 0.1) is 5.41 Å². The number of ether oxygens (including phenoxy) is 1. The highest BCUT2D eigenvalue weighted by Crippen LogP contribution is 2.29. The van der Waals surface area contributed by atoms with E-state index in [-0.39, 0.29) is 12.5 Å². The highest BCUT2D eigenvalue weighted by Gasteiger charge is 2.21. The molecule has 0 aromatic heterocycles. The van der Waals surface area contributed by atoms with Gasteiger partial charge in [0.25, 0.3) is 0 Å². The SMILES string of the molecule is CC(=N)N1CCC(c2ccc(NC(=O)CN(Cc3cccc(OCC(=O)O)c3)c3cccc(C=NN)c3)cc2)CC1.O=S(=O)(O)O. The number of amides is 1. The topological polar surface area (TPSA) is 219 Å². The third-order valence-electron chi connectivity index (χ3n) is 7.06. The van der Waals surface area contributed by atoms with Gasteiger partial charge in [0.2, 0.25) is 5.91 Å². The molecule has 15 heteroatoms. The fourth-order valence-electron chi connectivity index (χ4n) is 4.99. The summed E-state index contributed by atoms with van der Waals surface area (Å²) in [4.78, 5) is 28.1. The van der Waals surface area contributed by atoms with Crippen LogP contribution in [0.3, 0.4) is 0 Å². The highest BCUT2D eigenvalue weighted by atomic mass is 32.3. The molecule has 0 atom stereocenters. The van der Waals surface area contributed by atoms with Gasteiger partial charge in [-0.2, -0.15) is 13.5 Å². The van der Waals surface area contributed by atoms with Crippen LogP contribution in [0.2, 0.25) is 0 Å². The van der Waals surface area contributed by atoms with E-state index in [1.165, 1.54) is 5.56 Å². The minimum Gasteiger partial charge on any atom is -0.482 e. The molecule has 0 unspecified atom stereocenters. The van der Waals surface area contributed by atoms with Crippen LogP contribution in [0.1, 0.15) is 42.4 Å². The predicted molar refractivity (Wildman–Crippen MR) is 175 cm³/mol. The lowest BCUT2D eigenvalue weighted by atomic mass is 9.89. The van der Waals surface area contributed by atoms with Gasteiger partial charge in [0, 0.05) is 31.0 Å². The number of nitrogens with two attached hydrogens (primary N) is 1. The fraction of sp³-hybridized carbons (Fsp3) is 0.290. The minimum atomic E-state index is -4.67. The van der Waals surface area contributed by atoms with Gasteiger partial charge >= 0.3 is 16.4 Å². The van der Waals surface area contributed by atoms with Crippen LogP contribution < -0.4 is 20.8 Å². The van der Waals surface area contributed by atoms with Crippen molar-refractivity contribution in [3.05, 3.63) is 89.5 Å². The molecule has 0 bridgehead atoms. The van der Waals surface area contributed by atoms with Gasteiger partial charge in [0.05, 0.1) is 18.6 Å². The number of amidine groups is 1. The average Bonchev–Trinajstić information content (AvgIpc) is 3.00. The molecule has 1 aliphatic heterocycles. The monoisotopic (exact) mass is 654 g/mol. The molecule has 4 rings (SSSR count). The molecule has 246 valence electrons. The second kappa shape index (κ2) is 16.9. The number of piperidine rings is 1. The molecular weight excluding hydrogens is 616 g/mol. The summed E-state index contributed by atoms with van der Waals surface area (Å²) in [6, 6.07) is 22.7. The molecule has 0 aliphatic carbocycles. The van der Waals surface area contributed by atoms with Crippen molar-refractivity contribution >= 4 is 45.7 Å². The maximum absolute atomic E-state index is 13.2. The van der Waals surface area contributed by atoms with Gasteiger partial charge in [-0.15, -0.1) is 0 Å². The Labute approximate surface area is 267 Å². The van der Waals surface area contributed by atoms with Crippen molar-refractivity contribution in [3.8, 4) is 5.75 Å². The van der Waals surface area contributed by atoms with Crippen molar-refractivity contribution in [3.63, 3.8) is 0 Å². The molecule has 46 heavy (non-hydrogen) atoms. The van der Waals surface area contributed by atoms with E-state index in [0.717, 1.165) is 48.4 Å². The van der Waals surface area contributed by atoms with Crippen LogP contribution in [0.4, 0.5) is 11.4 Å². The van der Waals surface area contributed by atoms with Crippen LogP contribution in [0.15, 0.2) is 77.9 Å². The number of nitrogens with one attached hydrogen (secondary N) is 2. The first-order valence-electron chi connectivity index (χ1n) is 14.2. The van der Waals surface area contributed by atoms with E-state index in [4.69, 9.17) is 38.6 Å². The molecule has 14 nitrogen and oxygen atoms in total. The maximum atomic E-state index is 13.2. The van der Waals surface area contributed by atoms with Crippen molar-refractivity contribution in [2.45, 2.75) is 32.2 Å². The molecule has 1 saturated heterocycles. The minimum absolute atomic E-state index is 0.0760. The second-order valence-electron chi connectivity index (χ2n) is 10.5. The summed E-state index contributed by atoms with van der Waals surface area (Å²) < 4.78 is 36.9. The van der Waals surface area contributed by atoms with E-state index in [1.807, 2.05) is 54.3 Å². The van der Waals surface area contributed by atoms with Gasteiger partial charge in [-0.25, -0.2) is 4.79 Å². The zero-order valence-corrected chi connectivity index (χ0v) is 26.1. The second-order valence-corrected chi connectivity index (χ2v) is 11.4. The van der Waals surface area contributed by atoms with Crippen molar-refractivity contribution in [2.24, 2.45) is 10.9 Å². The number of hydrogen-bond acceptors (Lipinski definition) is 9. The Morgan fingerprint density at radius 2 is 1.74 bits per heavy atom. The number of likely N-dealkylation sites (tertiary alicyclic amines) is 1. The Morgan fingerprint density at radius 3 is 2.35 bits per heavy atom. The van der Waals surface area contributed by atoms with Gasteiger partial charge in [0.15, 0.2) is 6.61 Å². The Kier molecular flexibility index (Phi) is 13.0. The molecule has 3 aromatic rings. The zero-order valence-electron chi connectivity index (χ0n) is 25.2. The van der Waals surface area contributed by atoms with Crippen LogP contribution >= 0.6 is 0 Å². The van der Waals surface area contributed by atoms with Crippen LogP contribution in [0.25, 0.3) is 0 Å². The number of hydrogen-bond donors (Lipinski definition) is 6. The summed E-state index contributed by atoms with van der Waals surface area (Å²) in [5.74, 6) is 5.63. The number of rotatable bonds is 11. The fourth-order valence-corrected chi connectivity index (χ4v) is 4.99. The van der Waals surface area contributed by atoms with Gasteiger partial charge < -0.3 is 30.8 Å². The summed E-state index contributed by atoms with van der Waals surface area (Å²) in [7, 11) is -4.67. The summed E-state index contributed by atoms with van der Waals surface area (Å²) in [6.45, 7) is 3.64. The highest BCUT2D eigenvalue weighted by molar-refractivity contribution is 7.79. The number of carbonyl (C=O) groups excluding carboxylic acids is 1. The molecule has 0 saturated carbocycles. The third kappa shape index (κ3) is 12.6. The van der Waals surface area contributed by atoms with E-state index in [9.17, 15) is 9.59 Å². The van der Waals surface area contributed by atoms with E-state index < -0.39 is 23.0 Å². The van der Waals surface area contributed by atoms with E-state index >= 15 is 0 Å². The molecule has 3 aromatic carbocycles. The van der Waals surface area contributed by atoms with Crippen LogP contribution in [-0.2, 0) is 26.5 Å². The number of carbonyl (C=O) groups is 2. The van der Waals surface area contributed by atoms with Crippen LogP contribution in [-0.4, -0.2) is 77.7 Å². The van der Waals surface area contributed by atoms with E-state index in [0.29, 0.717) is 24.0 Å². The number of anilines is 2. The first-order chi connectivity index (χ1) is 21.8. The van der Waals surface area contributed by atoms with Crippen molar-refractivity contribution in [1.82, 2.24) is 4.90 Å². The molecule has 1 heterocycles. The lowest BCUT2D eigenvalue weighted by molar-refractivity contribution is -0.139. The summed E-state index contributed by atoms with van der Waals surface area (Å²) in [5, 5.41) is 23.4. The molecule has 0 radical (unpaired) electrons. The van der Waals surface area contributed by atoms with Crippen molar-refractivity contribution < 1.29 is 37.0 Å². The van der Waals surface area contributed by atoms with Crippen molar-refractivity contribution in [2.75, 3.05) is 36.5 Å². The molecule has 1 amide bonds. The summed E-state index contributed by atoms with van der Waals surface area (Å²) >= 11 is 0. The molecule has 7 N–H and O–H groups in total. The largest absolute Gasteiger partial charge is 0.482 e. The van der Waals surface area contributed by atoms with E-state index in [2.05, 4.69) is 27.5 Å². The quantitative estimate of drug-likeness (QED) is 0.0577. The lowest BCUT2D eigenvalue weighted by Gasteiger charge is -2.33. The standard InChI is InChI=1S/C31H36N6O4.H2O4S/c1-22(32)36-14-12-26(13-15-36)25-8-10-27(11-9-25)35-30(38)20-37(28-6-2-4-23(16-28)18-34-33)19-24-5-3-7-29(17-24)41-21-31(39)40;1-5(2,3)4/h2-11,16-18,26,32H,12-15,19-21,33H2,1H3,(H,35,38)(H,39,40);(H2,1,2,3,4). The predicted octanol–water partition coefficient (Wildman–Crippen LogP) is 3.61. The van der Waals surface area contributed by atoms with Crippen LogP contribution in [0.5, 0.6) is 5.75 Å². The molecular formula is C31H38N6O8S. The molecule has 0 spiro atoms. The summed E-state index contributed by atoms with van der Waals surface area (Å²) in [6.07, 6.45) is 3.56. The van der Waals surface area contributed by atoms with Gasteiger partial charge in [-0.1, -0.05) is 36.4 Å². The Bertz CT molecular complexity index is 1620. The first kappa shape index (κ1) is 35.5. The molecule has 1 aliphatic rings. The Hall–Kier alpha value is -4.99. The van der Waals surface area contributed by atoms with Gasteiger partial charge in [-0.3, -0.25) is 19.3 Å². The molecule has 1 fully saturated rings. The summed E-state index contributed by atoms with van der Waals surface area (Å²) in [5.41, 5.74) is 4.42. The Morgan fingerprint density at radius 1 is 1.09 bits per heavy atom. The van der Waals surface area contributed by atoms with Crippen molar-refractivity contribution in [1.29, 1.82) is 5.41 Å². The first-order valence-corrected chi connectivity index (χ1v) is 15.6. The van der Waals surface area contributed by atoms with Gasteiger partial charge in [-0.05, 0) is 78.8 Å². The Balaban J connectivity index is 0.00000107. The number of nitrogens with zero attached hydrogens (tertiary/aromatic N) is 3. The lowest BCUT2D eigenvalue weighted by Crippen LogP contribution is -2.36. The van der Waals surface area contributed by atoms with E-state index in [1.54, 1.807) is 24.4 Å².